The van der Waals surface area contributed by atoms with Gasteiger partial charge in [0.05, 0.1) is 13.2 Å². The van der Waals surface area contributed by atoms with Crippen LogP contribution in [-0.4, -0.2) is 19.3 Å². The molecule has 2 atom stereocenters. The molecule has 0 fully saturated rings. The van der Waals surface area contributed by atoms with Crippen molar-refractivity contribution < 1.29 is 9.53 Å². The third-order valence-electron chi connectivity index (χ3n) is 4.18. The van der Waals surface area contributed by atoms with Crippen molar-refractivity contribution >= 4 is 17.7 Å². The van der Waals surface area contributed by atoms with Gasteiger partial charge in [-0.1, -0.05) is 20.8 Å². The van der Waals surface area contributed by atoms with Crippen molar-refractivity contribution in [2.24, 2.45) is 17.3 Å². The molecule has 0 N–H and O–H groups in total. The molecule has 0 spiro atoms. The lowest BCUT2D eigenvalue weighted by Gasteiger charge is -2.39. The van der Waals surface area contributed by atoms with Crippen LogP contribution in [0.4, 0.5) is 0 Å². The Hall–Kier alpha value is -2.23. The highest BCUT2D eigenvalue weighted by Crippen LogP contribution is 2.49. The van der Waals surface area contributed by atoms with Crippen LogP contribution >= 0.6 is 11.8 Å². The van der Waals surface area contributed by atoms with Gasteiger partial charge < -0.3 is 4.74 Å². The molecule has 1 aliphatic rings. The number of methoxy groups -OCH3 is 1. The summed E-state index contributed by atoms with van der Waals surface area (Å²) in [5, 5.41) is 28.0. The summed E-state index contributed by atoms with van der Waals surface area (Å²) in [4.78, 5) is 12.7. The summed E-state index contributed by atoms with van der Waals surface area (Å²) in [6.45, 7) is 6.18. The quantitative estimate of drug-likeness (QED) is 0.570. The van der Waals surface area contributed by atoms with Crippen LogP contribution in [-0.2, 0) is 9.53 Å². The van der Waals surface area contributed by atoms with Gasteiger partial charge in [0.2, 0.25) is 0 Å². The molecule has 5 nitrogen and oxygen atoms in total. The summed E-state index contributed by atoms with van der Waals surface area (Å²) in [5.41, 5.74) is 1.38. The fraction of sp³-hybridized carbons (Fsp3) is 0.556. The second kappa shape index (κ2) is 8.04. The van der Waals surface area contributed by atoms with Crippen molar-refractivity contribution in [2.45, 2.75) is 33.6 Å². The number of carbonyl (C=O) groups excluding carboxylic acids is 1. The van der Waals surface area contributed by atoms with Gasteiger partial charge in [-0.2, -0.15) is 15.8 Å². The summed E-state index contributed by atoms with van der Waals surface area (Å²) < 4.78 is 4.79. The number of ether oxygens (including phenoxy) is 1. The molecular weight excluding hydrogens is 322 g/mol. The van der Waals surface area contributed by atoms with E-state index in [1.165, 1.54) is 18.9 Å². The lowest BCUT2D eigenvalue weighted by molar-refractivity contribution is -0.142. The Morgan fingerprint density at radius 3 is 2.33 bits per heavy atom. The van der Waals surface area contributed by atoms with Crippen LogP contribution in [0.1, 0.15) is 33.6 Å². The van der Waals surface area contributed by atoms with Crippen LogP contribution in [0, 0.1) is 51.2 Å². The number of allylic oxidation sites excluding steroid dienone is 2. The fourth-order valence-corrected chi connectivity index (χ4v) is 4.27. The fourth-order valence-electron chi connectivity index (χ4n) is 3.42. The zero-order chi connectivity index (χ0) is 18.5. The predicted molar refractivity (Wildman–Crippen MR) is 92.1 cm³/mol. The number of carbonyl (C=O) groups is 1. The maximum absolute atomic E-state index is 12.1. The first-order valence-corrected chi connectivity index (χ1v) is 8.78. The van der Waals surface area contributed by atoms with Crippen molar-refractivity contribution in [3.05, 3.63) is 21.6 Å². The Balaban J connectivity index is 3.76. The second-order valence-electron chi connectivity index (χ2n) is 6.60. The smallest absolute Gasteiger partial charge is 0.327 e. The third kappa shape index (κ3) is 3.99. The number of hydrogen-bond acceptors (Lipinski definition) is 6. The Morgan fingerprint density at radius 2 is 1.92 bits per heavy atom. The van der Waals surface area contributed by atoms with Crippen LogP contribution < -0.4 is 0 Å². The average Bonchev–Trinajstić information content (AvgIpc) is 2.53. The number of rotatable bonds is 4. The van der Waals surface area contributed by atoms with Gasteiger partial charge in [0.1, 0.15) is 17.7 Å². The molecule has 0 bridgehead atoms. The number of nitrogens with zero attached hydrogens (tertiary/aromatic N) is 3. The van der Waals surface area contributed by atoms with Gasteiger partial charge in [0.25, 0.3) is 0 Å². The van der Waals surface area contributed by atoms with E-state index in [1.807, 2.05) is 25.1 Å². The number of esters is 1. The standard InChI is InChI=1S/C18H21N3O2S/c1-11-6-18(2,3)7-13(14(10-21)17(22)23-4)15(11)16(24-5)12(8-19)9-20/h11,14H,6-7H2,1-5H3/t11-,14-/m1/s1. The zero-order valence-electron chi connectivity index (χ0n) is 14.6. The molecule has 0 heterocycles. The van der Waals surface area contributed by atoms with E-state index < -0.39 is 11.9 Å². The van der Waals surface area contributed by atoms with Gasteiger partial charge in [-0.05, 0) is 41.6 Å². The highest BCUT2D eigenvalue weighted by Gasteiger charge is 2.39. The zero-order valence-corrected chi connectivity index (χ0v) is 15.5. The van der Waals surface area contributed by atoms with Crippen molar-refractivity contribution in [2.75, 3.05) is 13.4 Å². The molecule has 126 valence electrons. The number of hydrogen-bond donors (Lipinski definition) is 0. The topological polar surface area (TPSA) is 97.7 Å². The van der Waals surface area contributed by atoms with Crippen molar-refractivity contribution in [3.8, 4) is 18.2 Å². The molecular formula is C18H21N3O2S. The summed E-state index contributed by atoms with van der Waals surface area (Å²) >= 11 is 1.30. The summed E-state index contributed by atoms with van der Waals surface area (Å²) in [6, 6.07) is 5.89. The number of thioether (sulfide) groups is 1. The molecule has 1 rings (SSSR count). The lowest BCUT2D eigenvalue weighted by atomic mass is 9.67. The largest absolute Gasteiger partial charge is 0.468 e. The van der Waals surface area contributed by atoms with Crippen LogP contribution in [0.3, 0.4) is 0 Å². The van der Waals surface area contributed by atoms with E-state index in [9.17, 15) is 20.6 Å². The monoisotopic (exact) mass is 343 g/mol. The van der Waals surface area contributed by atoms with Crippen LogP contribution in [0.25, 0.3) is 0 Å². The number of nitriles is 3. The van der Waals surface area contributed by atoms with Gasteiger partial charge in [-0.25, -0.2) is 0 Å². The molecule has 0 unspecified atom stereocenters. The highest BCUT2D eigenvalue weighted by molar-refractivity contribution is 8.02. The first kappa shape index (κ1) is 19.8. The van der Waals surface area contributed by atoms with E-state index in [0.29, 0.717) is 16.9 Å². The molecule has 0 aromatic carbocycles. The van der Waals surface area contributed by atoms with E-state index in [0.717, 1.165) is 12.0 Å². The van der Waals surface area contributed by atoms with Gasteiger partial charge in [0.15, 0.2) is 5.92 Å². The second-order valence-corrected chi connectivity index (χ2v) is 7.42. The summed E-state index contributed by atoms with van der Waals surface area (Å²) in [5.74, 6) is -1.60. The Kier molecular flexibility index (Phi) is 6.64. The maximum atomic E-state index is 12.1. The van der Waals surface area contributed by atoms with Crippen molar-refractivity contribution in [1.29, 1.82) is 15.8 Å². The minimum atomic E-state index is -1.02. The molecule has 0 radical (unpaired) electrons. The van der Waals surface area contributed by atoms with Gasteiger partial charge >= 0.3 is 5.97 Å². The van der Waals surface area contributed by atoms with Crippen LogP contribution in [0.15, 0.2) is 21.6 Å². The van der Waals surface area contributed by atoms with Crippen LogP contribution in [0.5, 0.6) is 0 Å². The first-order valence-electron chi connectivity index (χ1n) is 7.55. The van der Waals surface area contributed by atoms with E-state index in [4.69, 9.17) is 4.74 Å². The van der Waals surface area contributed by atoms with E-state index in [-0.39, 0.29) is 16.9 Å². The van der Waals surface area contributed by atoms with Crippen LogP contribution in [0.2, 0.25) is 0 Å². The average molecular weight is 343 g/mol. The highest BCUT2D eigenvalue weighted by atomic mass is 32.2. The first-order chi connectivity index (χ1) is 11.3. The van der Waals surface area contributed by atoms with Crippen molar-refractivity contribution in [1.82, 2.24) is 0 Å². The Morgan fingerprint density at radius 1 is 1.33 bits per heavy atom. The molecule has 24 heavy (non-hydrogen) atoms. The van der Waals surface area contributed by atoms with Crippen molar-refractivity contribution in [3.63, 3.8) is 0 Å². The molecule has 0 amide bonds. The molecule has 0 saturated heterocycles. The summed E-state index contributed by atoms with van der Waals surface area (Å²) in [6.07, 6.45) is 3.19. The third-order valence-corrected chi connectivity index (χ3v) is 5.01. The molecule has 6 heteroatoms. The molecule has 0 saturated carbocycles. The molecule has 0 aliphatic heterocycles. The normalized spacial score (nSPS) is 20.2. The van der Waals surface area contributed by atoms with E-state index in [1.54, 1.807) is 6.26 Å². The summed E-state index contributed by atoms with van der Waals surface area (Å²) in [7, 11) is 1.26. The lowest BCUT2D eigenvalue weighted by Crippen LogP contribution is -2.30. The van der Waals surface area contributed by atoms with E-state index in [2.05, 4.69) is 13.8 Å². The molecule has 1 aliphatic carbocycles. The minimum absolute atomic E-state index is 0.0168. The minimum Gasteiger partial charge on any atom is -0.468 e. The van der Waals surface area contributed by atoms with Gasteiger partial charge in [-0.3, -0.25) is 4.79 Å². The van der Waals surface area contributed by atoms with E-state index >= 15 is 0 Å². The predicted octanol–water partition coefficient (Wildman–Crippen LogP) is 3.72. The Bertz CT molecular complexity index is 698. The molecule has 0 aromatic rings. The Labute approximate surface area is 147 Å². The maximum Gasteiger partial charge on any atom is 0.327 e. The van der Waals surface area contributed by atoms with Gasteiger partial charge in [0, 0.05) is 4.91 Å². The molecule has 0 aromatic heterocycles. The SMILES string of the molecule is COC(=O)[C@H](C#N)C1=C(C(SC)=C(C#N)C#N)[C@H](C)CC(C)(C)C1. The van der Waals surface area contributed by atoms with Gasteiger partial charge in [-0.15, -0.1) is 11.8 Å².